The minimum absolute atomic E-state index is 0.0264. The topological polar surface area (TPSA) is 85.0 Å². The van der Waals surface area contributed by atoms with E-state index in [0.29, 0.717) is 6.54 Å². The van der Waals surface area contributed by atoms with Crippen molar-refractivity contribution >= 4 is 11.7 Å². The van der Waals surface area contributed by atoms with Gasteiger partial charge in [0.15, 0.2) is 0 Å². The molecule has 112 valence electrons. The number of amides is 2. The lowest BCUT2D eigenvalue weighted by Crippen LogP contribution is -2.38. The Morgan fingerprint density at radius 1 is 1.38 bits per heavy atom. The number of nitrogens with zero attached hydrogens (tertiary/aromatic N) is 2. The molecule has 0 aliphatic heterocycles. The third kappa shape index (κ3) is 4.61. The number of rotatable bonds is 5. The standard InChI is InChI=1S/C15H21N5O/c1-11(10-20-8-4-7-17-20)18-15(21)19-14-6-3-5-13(9-14)12(2)16/h3-9,11-12H,10,16H2,1-2H3,(H2,18,19,21). The van der Waals surface area contributed by atoms with Crippen molar-refractivity contribution < 1.29 is 4.79 Å². The Balaban J connectivity index is 1.88. The molecule has 0 spiro atoms. The number of urea groups is 1. The van der Waals surface area contributed by atoms with Crippen molar-refractivity contribution in [1.82, 2.24) is 15.1 Å². The van der Waals surface area contributed by atoms with Gasteiger partial charge in [0, 0.05) is 30.2 Å². The number of carbonyl (C=O) groups is 1. The number of benzene rings is 1. The Kier molecular flexibility index (Phi) is 4.94. The molecule has 0 saturated heterocycles. The first-order chi connectivity index (χ1) is 10.0. The summed E-state index contributed by atoms with van der Waals surface area (Å²) in [5.74, 6) is 0. The summed E-state index contributed by atoms with van der Waals surface area (Å²) in [6.45, 7) is 4.46. The molecule has 0 aliphatic carbocycles. The van der Waals surface area contributed by atoms with Crippen molar-refractivity contribution in [2.45, 2.75) is 32.5 Å². The monoisotopic (exact) mass is 287 g/mol. The molecule has 1 aromatic carbocycles. The largest absolute Gasteiger partial charge is 0.334 e. The van der Waals surface area contributed by atoms with Crippen molar-refractivity contribution in [3.8, 4) is 0 Å². The number of carbonyl (C=O) groups excluding carboxylic acids is 1. The molecule has 0 aliphatic rings. The molecule has 6 nitrogen and oxygen atoms in total. The predicted molar refractivity (Wildman–Crippen MR) is 82.9 cm³/mol. The first kappa shape index (κ1) is 15.1. The van der Waals surface area contributed by atoms with Crippen LogP contribution in [0.1, 0.15) is 25.5 Å². The molecule has 1 heterocycles. The molecule has 2 atom stereocenters. The van der Waals surface area contributed by atoms with Gasteiger partial charge in [-0.3, -0.25) is 4.68 Å². The molecule has 0 radical (unpaired) electrons. The Morgan fingerprint density at radius 3 is 2.86 bits per heavy atom. The molecule has 21 heavy (non-hydrogen) atoms. The molecular formula is C15H21N5O. The molecular weight excluding hydrogens is 266 g/mol. The van der Waals surface area contributed by atoms with Crippen molar-refractivity contribution in [1.29, 1.82) is 0 Å². The second-order valence-electron chi connectivity index (χ2n) is 5.14. The Labute approximate surface area is 124 Å². The smallest absolute Gasteiger partial charge is 0.319 e. The van der Waals surface area contributed by atoms with Gasteiger partial charge in [0.1, 0.15) is 0 Å². The van der Waals surface area contributed by atoms with E-state index in [-0.39, 0.29) is 18.1 Å². The van der Waals surface area contributed by atoms with Gasteiger partial charge in [-0.05, 0) is 37.6 Å². The van der Waals surface area contributed by atoms with Crippen LogP contribution in [0, 0.1) is 0 Å². The van der Waals surface area contributed by atoms with E-state index in [9.17, 15) is 4.79 Å². The van der Waals surface area contributed by atoms with Crippen LogP contribution in [-0.4, -0.2) is 21.9 Å². The first-order valence-electron chi connectivity index (χ1n) is 6.95. The summed E-state index contributed by atoms with van der Waals surface area (Å²) < 4.78 is 1.78. The van der Waals surface area contributed by atoms with E-state index >= 15 is 0 Å². The second kappa shape index (κ2) is 6.90. The van der Waals surface area contributed by atoms with Crippen molar-refractivity contribution in [2.24, 2.45) is 5.73 Å². The lowest BCUT2D eigenvalue weighted by molar-refractivity contribution is 0.247. The summed E-state index contributed by atoms with van der Waals surface area (Å²) in [4.78, 5) is 11.9. The van der Waals surface area contributed by atoms with Gasteiger partial charge in [-0.25, -0.2) is 4.79 Å². The van der Waals surface area contributed by atoms with Crippen LogP contribution < -0.4 is 16.4 Å². The fourth-order valence-electron chi connectivity index (χ4n) is 2.03. The third-order valence-electron chi connectivity index (χ3n) is 3.07. The molecule has 2 rings (SSSR count). The number of nitrogens with one attached hydrogen (secondary N) is 2. The zero-order chi connectivity index (χ0) is 15.2. The second-order valence-corrected chi connectivity index (χ2v) is 5.14. The molecule has 1 aromatic heterocycles. The van der Waals surface area contributed by atoms with Crippen LogP contribution in [0.3, 0.4) is 0 Å². The van der Waals surface area contributed by atoms with Gasteiger partial charge in [-0.15, -0.1) is 0 Å². The zero-order valence-corrected chi connectivity index (χ0v) is 12.3. The van der Waals surface area contributed by atoms with Gasteiger partial charge in [0.25, 0.3) is 0 Å². The first-order valence-corrected chi connectivity index (χ1v) is 6.95. The van der Waals surface area contributed by atoms with E-state index in [0.717, 1.165) is 11.3 Å². The SMILES string of the molecule is CC(Cn1cccn1)NC(=O)Nc1cccc(C(C)N)c1. The summed E-state index contributed by atoms with van der Waals surface area (Å²) >= 11 is 0. The maximum atomic E-state index is 11.9. The molecule has 0 fully saturated rings. The van der Waals surface area contributed by atoms with Gasteiger partial charge in [0.05, 0.1) is 6.54 Å². The molecule has 0 bridgehead atoms. The van der Waals surface area contributed by atoms with Gasteiger partial charge < -0.3 is 16.4 Å². The fraction of sp³-hybridized carbons (Fsp3) is 0.333. The van der Waals surface area contributed by atoms with Crippen LogP contribution in [0.5, 0.6) is 0 Å². The average molecular weight is 287 g/mol. The third-order valence-corrected chi connectivity index (χ3v) is 3.07. The molecule has 2 unspecified atom stereocenters. The van der Waals surface area contributed by atoms with Crippen molar-refractivity contribution in [2.75, 3.05) is 5.32 Å². The average Bonchev–Trinajstić information content (AvgIpc) is 2.91. The Bertz CT molecular complexity index is 580. The highest BCUT2D eigenvalue weighted by Crippen LogP contribution is 2.15. The number of aromatic nitrogens is 2. The Hall–Kier alpha value is -2.34. The fourth-order valence-corrected chi connectivity index (χ4v) is 2.03. The van der Waals surface area contributed by atoms with Gasteiger partial charge in [0.2, 0.25) is 0 Å². The Morgan fingerprint density at radius 2 is 2.19 bits per heavy atom. The van der Waals surface area contributed by atoms with E-state index in [4.69, 9.17) is 5.73 Å². The van der Waals surface area contributed by atoms with Gasteiger partial charge >= 0.3 is 6.03 Å². The van der Waals surface area contributed by atoms with Crippen LogP contribution in [0.2, 0.25) is 0 Å². The lowest BCUT2D eigenvalue weighted by atomic mass is 10.1. The maximum Gasteiger partial charge on any atom is 0.319 e. The van der Waals surface area contributed by atoms with Crippen molar-refractivity contribution in [3.63, 3.8) is 0 Å². The quantitative estimate of drug-likeness (QED) is 0.787. The molecule has 2 aromatic rings. The maximum absolute atomic E-state index is 11.9. The highest BCUT2D eigenvalue weighted by Gasteiger charge is 2.09. The summed E-state index contributed by atoms with van der Waals surface area (Å²) in [7, 11) is 0. The summed E-state index contributed by atoms with van der Waals surface area (Å²) in [5, 5.41) is 9.80. The molecule has 0 saturated carbocycles. The van der Waals surface area contributed by atoms with E-state index < -0.39 is 0 Å². The minimum Gasteiger partial charge on any atom is -0.334 e. The van der Waals surface area contributed by atoms with Crippen LogP contribution in [0.25, 0.3) is 0 Å². The van der Waals surface area contributed by atoms with Gasteiger partial charge in [-0.2, -0.15) is 5.10 Å². The summed E-state index contributed by atoms with van der Waals surface area (Å²) in [6, 6.07) is 9.06. The number of hydrogen-bond donors (Lipinski definition) is 3. The van der Waals surface area contributed by atoms with Crippen LogP contribution in [0.15, 0.2) is 42.7 Å². The van der Waals surface area contributed by atoms with Crippen molar-refractivity contribution in [3.05, 3.63) is 48.3 Å². The van der Waals surface area contributed by atoms with E-state index in [1.165, 1.54) is 0 Å². The number of hydrogen-bond acceptors (Lipinski definition) is 3. The number of anilines is 1. The van der Waals surface area contributed by atoms with E-state index in [1.807, 2.05) is 50.4 Å². The number of nitrogens with two attached hydrogens (primary N) is 1. The highest BCUT2D eigenvalue weighted by molar-refractivity contribution is 5.89. The van der Waals surface area contributed by atoms with E-state index in [1.54, 1.807) is 10.9 Å². The van der Waals surface area contributed by atoms with Gasteiger partial charge in [-0.1, -0.05) is 12.1 Å². The van der Waals surface area contributed by atoms with Crippen LogP contribution >= 0.6 is 0 Å². The zero-order valence-electron chi connectivity index (χ0n) is 12.3. The summed E-state index contributed by atoms with van der Waals surface area (Å²) in [6.07, 6.45) is 3.58. The molecule has 2 amide bonds. The van der Waals surface area contributed by atoms with Crippen LogP contribution in [-0.2, 0) is 6.54 Å². The van der Waals surface area contributed by atoms with Crippen LogP contribution in [0.4, 0.5) is 10.5 Å². The highest BCUT2D eigenvalue weighted by atomic mass is 16.2. The normalized spacial score (nSPS) is 13.5. The molecule has 4 N–H and O–H groups in total. The molecule has 6 heteroatoms. The van der Waals surface area contributed by atoms with E-state index in [2.05, 4.69) is 15.7 Å². The predicted octanol–water partition coefficient (Wildman–Crippen LogP) is 2.11. The summed E-state index contributed by atoms with van der Waals surface area (Å²) in [5.41, 5.74) is 7.55. The minimum atomic E-state index is -0.239. The lowest BCUT2D eigenvalue weighted by Gasteiger charge is -2.15.